The fraction of sp³-hybridized carbons (Fsp3) is 0.333. The first-order valence-electron chi connectivity index (χ1n) is 11.3. The van der Waals surface area contributed by atoms with E-state index < -0.39 is 11.7 Å². The molecule has 1 aromatic carbocycles. The molecule has 2 aliphatic rings. The van der Waals surface area contributed by atoms with Gasteiger partial charge in [-0.3, -0.25) is 14.5 Å². The highest BCUT2D eigenvalue weighted by Gasteiger charge is 2.37. The Kier molecular flexibility index (Phi) is 6.63. The van der Waals surface area contributed by atoms with Crippen molar-refractivity contribution in [3.05, 3.63) is 70.3 Å². The van der Waals surface area contributed by atoms with Crippen molar-refractivity contribution in [2.24, 2.45) is 0 Å². The lowest BCUT2D eigenvalue weighted by molar-refractivity contribution is -0.137. The van der Waals surface area contributed by atoms with Gasteiger partial charge >= 0.3 is 6.18 Å². The van der Waals surface area contributed by atoms with Crippen molar-refractivity contribution < 1.29 is 27.5 Å². The van der Waals surface area contributed by atoms with Crippen molar-refractivity contribution in [3.8, 4) is 11.6 Å². The van der Waals surface area contributed by atoms with Gasteiger partial charge in [0.15, 0.2) is 5.01 Å². The van der Waals surface area contributed by atoms with Crippen LogP contribution in [0.1, 0.15) is 25.7 Å². The molecule has 0 N–H and O–H groups in total. The normalized spacial score (nSPS) is 17.1. The number of amides is 2. The third-order valence-corrected chi connectivity index (χ3v) is 7.01. The van der Waals surface area contributed by atoms with E-state index in [-0.39, 0.29) is 29.5 Å². The number of alkyl halides is 3. The number of piperazine rings is 1. The third-order valence-electron chi connectivity index (χ3n) is 6.25. The summed E-state index contributed by atoms with van der Waals surface area (Å²) in [5.41, 5.74) is -0.435. The van der Waals surface area contributed by atoms with E-state index in [0.29, 0.717) is 36.8 Å². The molecule has 2 fully saturated rings. The second-order valence-electron chi connectivity index (χ2n) is 8.54. The maximum atomic E-state index is 12.9. The molecule has 2 saturated heterocycles. The molecule has 5 rings (SSSR count). The number of halogens is 3. The predicted octanol–water partition coefficient (Wildman–Crippen LogP) is 3.63. The van der Waals surface area contributed by atoms with E-state index in [4.69, 9.17) is 4.74 Å². The lowest BCUT2D eigenvalue weighted by Crippen LogP contribution is -2.64. The van der Waals surface area contributed by atoms with E-state index in [9.17, 15) is 22.8 Å². The average Bonchev–Trinajstić information content (AvgIpc) is 3.38. The molecule has 0 spiro atoms. The monoisotopic (exact) mass is 517 g/mol. The Bertz CT molecular complexity index is 1220. The van der Waals surface area contributed by atoms with Crippen LogP contribution >= 0.6 is 11.3 Å². The summed E-state index contributed by atoms with van der Waals surface area (Å²) in [4.78, 5) is 39.2. The number of thiazole rings is 1. The van der Waals surface area contributed by atoms with E-state index in [1.165, 1.54) is 35.7 Å². The van der Waals surface area contributed by atoms with Crippen molar-refractivity contribution >= 4 is 23.2 Å². The Morgan fingerprint density at radius 1 is 0.972 bits per heavy atom. The lowest BCUT2D eigenvalue weighted by atomic mass is 10.0. The summed E-state index contributed by atoms with van der Waals surface area (Å²) in [6, 6.07) is 7.78. The molecule has 4 heterocycles. The molecule has 2 aromatic heterocycles. The van der Waals surface area contributed by atoms with Crippen LogP contribution in [0.25, 0.3) is 0 Å². The van der Waals surface area contributed by atoms with Gasteiger partial charge in [0.25, 0.3) is 11.8 Å². The van der Waals surface area contributed by atoms with Gasteiger partial charge in [0, 0.05) is 69.2 Å². The number of nitrogens with zero attached hydrogens (tertiary/aromatic N) is 5. The van der Waals surface area contributed by atoms with Gasteiger partial charge in [-0.2, -0.15) is 13.2 Å². The topological polar surface area (TPSA) is 78.9 Å². The van der Waals surface area contributed by atoms with Gasteiger partial charge < -0.3 is 14.5 Å². The van der Waals surface area contributed by atoms with Crippen molar-refractivity contribution in [1.29, 1.82) is 0 Å². The van der Waals surface area contributed by atoms with Crippen LogP contribution < -0.4 is 4.74 Å². The Morgan fingerprint density at radius 2 is 1.75 bits per heavy atom. The maximum Gasteiger partial charge on any atom is 0.416 e. The van der Waals surface area contributed by atoms with Gasteiger partial charge in [-0.1, -0.05) is 6.07 Å². The minimum atomic E-state index is -4.47. The molecular formula is C24H22F3N5O3S. The number of ether oxygens (including phenoxy) is 1. The first-order valence-corrected chi connectivity index (χ1v) is 12.2. The van der Waals surface area contributed by atoms with Crippen molar-refractivity contribution in [2.75, 3.05) is 39.3 Å². The molecule has 188 valence electrons. The van der Waals surface area contributed by atoms with Crippen molar-refractivity contribution in [2.45, 2.75) is 12.2 Å². The minimum Gasteiger partial charge on any atom is -0.439 e. The summed E-state index contributed by atoms with van der Waals surface area (Å²) < 4.78 is 44.1. The number of carbonyl (C=O) groups is 2. The molecule has 0 bridgehead atoms. The second-order valence-corrected chi connectivity index (χ2v) is 9.44. The number of hydrogen-bond donors (Lipinski definition) is 0. The van der Waals surface area contributed by atoms with Crippen molar-refractivity contribution in [1.82, 2.24) is 24.7 Å². The highest BCUT2D eigenvalue weighted by atomic mass is 32.1. The zero-order valence-electron chi connectivity index (χ0n) is 19.0. The van der Waals surface area contributed by atoms with E-state index in [1.807, 2.05) is 4.90 Å². The van der Waals surface area contributed by atoms with Crippen LogP contribution in [-0.2, 0) is 6.18 Å². The van der Waals surface area contributed by atoms with Crippen LogP contribution in [0.15, 0.2) is 54.2 Å². The lowest BCUT2D eigenvalue weighted by Gasteiger charge is -2.48. The molecule has 0 unspecified atom stereocenters. The molecule has 2 aliphatic heterocycles. The van der Waals surface area contributed by atoms with Gasteiger partial charge in [0.05, 0.1) is 11.1 Å². The average molecular weight is 518 g/mol. The molecule has 3 aromatic rings. The molecular weight excluding hydrogens is 495 g/mol. The molecule has 0 radical (unpaired) electrons. The van der Waals surface area contributed by atoms with Crippen LogP contribution in [0.5, 0.6) is 11.6 Å². The predicted molar refractivity (Wildman–Crippen MR) is 125 cm³/mol. The molecule has 8 nitrogen and oxygen atoms in total. The molecule has 0 aliphatic carbocycles. The first-order chi connectivity index (χ1) is 17.3. The number of carbonyl (C=O) groups excluding carboxylic acids is 2. The van der Waals surface area contributed by atoms with Crippen LogP contribution in [-0.4, -0.2) is 81.8 Å². The number of pyridine rings is 1. The van der Waals surface area contributed by atoms with Crippen LogP contribution in [0.3, 0.4) is 0 Å². The highest BCUT2D eigenvalue weighted by molar-refractivity contribution is 7.11. The van der Waals surface area contributed by atoms with Gasteiger partial charge in [0.1, 0.15) is 5.75 Å². The van der Waals surface area contributed by atoms with Crippen LogP contribution in [0.4, 0.5) is 13.2 Å². The minimum absolute atomic E-state index is 0.00966. The smallest absolute Gasteiger partial charge is 0.416 e. The van der Waals surface area contributed by atoms with Crippen LogP contribution in [0.2, 0.25) is 0 Å². The Labute approximate surface area is 208 Å². The summed E-state index contributed by atoms with van der Waals surface area (Å²) in [5, 5.41) is 2.29. The maximum absolute atomic E-state index is 12.9. The Morgan fingerprint density at radius 3 is 2.39 bits per heavy atom. The number of rotatable bonds is 5. The van der Waals surface area contributed by atoms with Gasteiger partial charge in [-0.25, -0.2) is 9.97 Å². The SMILES string of the molecule is O=C(c1ccc(Oc2cccc(C(F)(F)F)c2)nc1)N1CC(N2CCN(C(=O)c3nccs3)CC2)C1. The summed E-state index contributed by atoms with van der Waals surface area (Å²) in [6.07, 6.45) is -1.48. The number of likely N-dealkylation sites (tertiary alicyclic amines) is 1. The standard InChI is InChI=1S/C24H22F3N5O3S/c25-24(26,27)17-2-1-3-19(12-17)35-20-5-4-16(13-29-20)22(33)32-14-18(15-32)30-7-9-31(10-8-30)23(34)21-28-6-11-36-21/h1-6,11-13,18H,7-10,14-15H2. The first kappa shape index (κ1) is 24.2. The zero-order chi connectivity index (χ0) is 25.3. The molecule has 36 heavy (non-hydrogen) atoms. The number of hydrogen-bond acceptors (Lipinski definition) is 7. The number of benzene rings is 1. The Hall–Kier alpha value is -3.51. The van der Waals surface area contributed by atoms with Gasteiger partial charge in [0.2, 0.25) is 5.88 Å². The third kappa shape index (κ3) is 5.19. The van der Waals surface area contributed by atoms with E-state index in [1.54, 1.807) is 22.5 Å². The second kappa shape index (κ2) is 9.86. The van der Waals surface area contributed by atoms with Gasteiger partial charge in [-0.15, -0.1) is 11.3 Å². The molecule has 2 amide bonds. The van der Waals surface area contributed by atoms with E-state index in [0.717, 1.165) is 25.2 Å². The van der Waals surface area contributed by atoms with Crippen molar-refractivity contribution in [3.63, 3.8) is 0 Å². The summed E-state index contributed by atoms with van der Waals surface area (Å²) in [5.74, 6) is -0.0991. The number of aromatic nitrogens is 2. The van der Waals surface area contributed by atoms with E-state index in [2.05, 4.69) is 14.9 Å². The molecule has 0 saturated carbocycles. The Balaban J connectivity index is 1.10. The molecule has 0 atom stereocenters. The van der Waals surface area contributed by atoms with E-state index >= 15 is 0 Å². The highest BCUT2D eigenvalue weighted by Crippen LogP contribution is 2.32. The largest absolute Gasteiger partial charge is 0.439 e. The van der Waals surface area contributed by atoms with Gasteiger partial charge in [-0.05, 0) is 24.3 Å². The van der Waals surface area contributed by atoms with Crippen LogP contribution in [0, 0.1) is 0 Å². The molecule has 12 heteroatoms. The fourth-order valence-corrected chi connectivity index (χ4v) is 4.82. The summed E-state index contributed by atoms with van der Waals surface area (Å²) >= 11 is 1.34. The summed E-state index contributed by atoms with van der Waals surface area (Å²) in [7, 11) is 0. The summed E-state index contributed by atoms with van der Waals surface area (Å²) in [6.45, 7) is 3.91. The quantitative estimate of drug-likeness (QED) is 0.515. The zero-order valence-corrected chi connectivity index (χ0v) is 19.8. The fourth-order valence-electron chi connectivity index (χ4n) is 4.21.